The molecule has 2 N–H and O–H groups in total. The zero-order valence-electron chi connectivity index (χ0n) is 12.9. The first-order valence-electron chi connectivity index (χ1n) is 7.29. The molecule has 1 heterocycles. The van der Waals surface area contributed by atoms with Gasteiger partial charge < -0.3 is 5.32 Å². The van der Waals surface area contributed by atoms with Crippen molar-refractivity contribution in [3.05, 3.63) is 65.0 Å². The van der Waals surface area contributed by atoms with E-state index in [0.717, 1.165) is 27.0 Å². The highest BCUT2D eigenvalue weighted by atomic mass is 32.2. The van der Waals surface area contributed by atoms with E-state index in [1.807, 2.05) is 36.4 Å². The predicted molar refractivity (Wildman–Crippen MR) is 95.7 cm³/mol. The number of fused-ring (bicyclic) bond motifs is 1. The van der Waals surface area contributed by atoms with Crippen molar-refractivity contribution in [3.63, 3.8) is 0 Å². The second-order valence-corrected chi connectivity index (χ2v) is 8.45. The Kier molecular flexibility index (Phi) is 4.66. The van der Waals surface area contributed by atoms with Gasteiger partial charge in [0.1, 0.15) is 4.21 Å². The molecule has 0 bridgehead atoms. The molecule has 1 aromatic heterocycles. The topological polar surface area (TPSA) is 75.3 Å². The number of sulfonamides is 1. The van der Waals surface area contributed by atoms with Crippen LogP contribution in [0.3, 0.4) is 0 Å². The molecule has 2 aromatic carbocycles. The number of hydrogen-bond acceptors (Lipinski definition) is 4. The summed E-state index contributed by atoms with van der Waals surface area (Å²) in [6, 6.07) is 16.6. The molecule has 0 spiro atoms. The van der Waals surface area contributed by atoms with Gasteiger partial charge in [-0.2, -0.15) is 0 Å². The fraction of sp³-hybridized carbons (Fsp3) is 0.118. The van der Waals surface area contributed by atoms with E-state index in [2.05, 4.69) is 10.0 Å². The molecule has 0 saturated heterocycles. The van der Waals surface area contributed by atoms with Gasteiger partial charge in [-0.15, -0.1) is 11.3 Å². The van der Waals surface area contributed by atoms with Crippen molar-refractivity contribution >= 4 is 38.0 Å². The van der Waals surface area contributed by atoms with Crippen molar-refractivity contribution in [3.8, 4) is 0 Å². The van der Waals surface area contributed by atoms with E-state index < -0.39 is 10.0 Å². The summed E-state index contributed by atoms with van der Waals surface area (Å²) in [6.07, 6.45) is 0. The van der Waals surface area contributed by atoms with Crippen LogP contribution in [0, 0.1) is 0 Å². The number of hydrogen-bond donors (Lipinski definition) is 2. The SMILES string of the molecule is CNS(=O)(=O)c1ccc(CNC(=O)c2ccc3ccccc3c2)s1. The first-order chi connectivity index (χ1) is 11.5. The van der Waals surface area contributed by atoms with Crippen molar-refractivity contribution in [2.75, 3.05) is 7.05 Å². The Morgan fingerprint density at radius 1 is 1.04 bits per heavy atom. The quantitative estimate of drug-likeness (QED) is 0.735. The molecular formula is C17H16N2O3S2. The zero-order chi connectivity index (χ0) is 17.2. The van der Waals surface area contributed by atoms with Crippen molar-refractivity contribution in [2.24, 2.45) is 0 Å². The molecule has 5 nitrogen and oxygen atoms in total. The number of rotatable bonds is 5. The summed E-state index contributed by atoms with van der Waals surface area (Å²) in [4.78, 5) is 13.1. The van der Waals surface area contributed by atoms with Gasteiger partial charge in [0.2, 0.25) is 10.0 Å². The lowest BCUT2D eigenvalue weighted by molar-refractivity contribution is 0.0951. The number of thiophene rings is 1. The van der Waals surface area contributed by atoms with Crippen molar-refractivity contribution in [1.82, 2.24) is 10.0 Å². The maximum atomic E-state index is 12.3. The lowest BCUT2D eigenvalue weighted by atomic mass is 10.1. The van der Waals surface area contributed by atoms with Gasteiger partial charge in [-0.05, 0) is 42.1 Å². The van der Waals surface area contributed by atoms with Crippen LogP contribution in [0.4, 0.5) is 0 Å². The summed E-state index contributed by atoms with van der Waals surface area (Å²) in [5.74, 6) is -0.188. The Morgan fingerprint density at radius 2 is 1.79 bits per heavy atom. The molecule has 0 unspecified atom stereocenters. The van der Waals surface area contributed by atoms with Gasteiger partial charge in [-0.25, -0.2) is 13.1 Å². The monoisotopic (exact) mass is 360 g/mol. The zero-order valence-corrected chi connectivity index (χ0v) is 14.6. The first-order valence-corrected chi connectivity index (χ1v) is 9.59. The van der Waals surface area contributed by atoms with E-state index in [9.17, 15) is 13.2 Å². The predicted octanol–water partition coefficient (Wildman–Crippen LogP) is 2.74. The van der Waals surface area contributed by atoms with Gasteiger partial charge in [-0.3, -0.25) is 4.79 Å². The maximum Gasteiger partial charge on any atom is 0.251 e. The van der Waals surface area contributed by atoms with Gasteiger partial charge >= 0.3 is 0 Å². The number of carbonyl (C=O) groups is 1. The molecule has 0 aliphatic carbocycles. The molecule has 0 atom stereocenters. The molecular weight excluding hydrogens is 344 g/mol. The number of amides is 1. The minimum absolute atomic E-state index is 0.188. The number of benzene rings is 2. The van der Waals surface area contributed by atoms with Crippen molar-refractivity contribution in [1.29, 1.82) is 0 Å². The molecule has 3 aromatic rings. The maximum absolute atomic E-state index is 12.3. The van der Waals surface area contributed by atoms with E-state index in [4.69, 9.17) is 0 Å². The highest BCUT2D eigenvalue weighted by Gasteiger charge is 2.14. The van der Waals surface area contributed by atoms with Crippen LogP contribution >= 0.6 is 11.3 Å². The van der Waals surface area contributed by atoms with Gasteiger partial charge in [0.15, 0.2) is 0 Å². The van der Waals surface area contributed by atoms with Crippen molar-refractivity contribution < 1.29 is 13.2 Å². The smallest absolute Gasteiger partial charge is 0.251 e. The Bertz CT molecular complexity index is 994. The van der Waals surface area contributed by atoms with Gasteiger partial charge in [0.05, 0.1) is 6.54 Å². The van der Waals surface area contributed by atoms with Crippen LogP contribution in [0.25, 0.3) is 10.8 Å². The highest BCUT2D eigenvalue weighted by Crippen LogP contribution is 2.21. The third kappa shape index (κ3) is 3.48. The minimum atomic E-state index is -3.44. The fourth-order valence-corrected chi connectivity index (χ4v) is 4.43. The molecule has 24 heavy (non-hydrogen) atoms. The third-order valence-electron chi connectivity index (χ3n) is 3.61. The molecule has 0 aliphatic rings. The molecule has 0 radical (unpaired) electrons. The fourth-order valence-electron chi connectivity index (χ4n) is 2.30. The number of carbonyl (C=O) groups excluding carboxylic acids is 1. The Hall–Kier alpha value is -2.22. The summed E-state index contributed by atoms with van der Waals surface area (Å²) >= 11 is 1.14. The Balaban J connectivity index is 1.71. The van der Waals surface area contributed by atoms with Crippen LogP contribution in [0.2, 0.25) is 0 Å². The molecule has 0 saturated carbocycles. The second kappa shape index (κ2) is 6.72. The van der Waals surface area contributed by atoms with Gasteiger partial charge in [0.25, 0.3) is 5.91 Å². The average Bonchev–Trinajstić information content (AvgIpc) is 3.09. The van der Waals surface area contributed by atoms with E-state index in [1.165, 1.54) is 13.1 Å². The number of nitrogens with one attached hydrogen (secondary N) is 2. The standard InChI is InChI=1S/C17H16N2O3S2/c1-18-24(21,22)16-9-8-15(23-16)11-19-17(20)14-7-6-12-4-2-3-5-13(12)10-14/h2-10,18H,11H2,1H3,(H,19,20). The summed E-state index contributed by atoms with van der Waals surface area (Å²) in [5, 5.41) is 4.90. The summed E-state index contributed by atoms with van der Waals surface area (Å²) in [6.45, 7) is 0.287. The second-order valence-electron chi connectivity index (χ2n) is 5.17. The Labute approximate surface area is 144 Å². The summed E-state index contributed by atoms with van der Waals surface area (Å²) < 4.78 is 25.9. The van der Waals surface area contributed by atoms with E-state index >= 15 is 0 Å². The molecule has 124 valence electrons. The molecule has 3 rings (SSSR count). The van der Waals surface area contributed by atoms with Crippen LogP contribution < -0.4 is 10.0 Å². The minimum Gasteiger partial charge on any atom is -0.347 e. The van der Waals surface area contributed by atoms with Crippen LogP contribution in [0.5, 0.6) is 0 Å². The molecule has 0 fully saturated rings. The summed E-state index contributed by atoms with van der Waals surface area (Å²) in [5.41, 5.74) is 0.577. The highest BCUT2D eigenvalue weighted by molar-refractivity contribution is 7.91. The normalized spacial score (nSPS) is 11.5. The first kappa shape index (κ1) is 16.6. The van der Waals surface area contributed by atoms with E-state index in [0.29, 0.717) is 5.56 Å². The van der Waals surface area contributed by atoms with Gasteiger partial charge in [0, 0.05) is 10.4 Å². The summed E-state index contributed by atoms with van der Waals surface area (Å²) in [7, 11) is -2.07. The van der Waals surface area contributed by atoms with Gasteiger partial charge in [-0.1, -0.05) is 30.3 Å². The third-order valence-corrected chi connectivity index (χ3v) is 6.60. The lowest BCUT2D eigenvalue weighted by Crippen LogP contribution is -2.22. The molecule has 7 heteroatoms. The largest absolute Gasteiger partial charge is 0.347 e. The average molecular weight is 360 g/mol. The van der Waals surface area contributed by atoms with Crippen molar-refractivity contribution in [2.45, 2.75) is 10.8 Å². The lowest BCUT2D eigenvalue weighted by Gasteiger charge is -2.05. The molecule has 1 amide bonds. The van der Waals surface area contributed by atoms with E-state index in [-0.39, 0.29) is 16.7 Å². The Morgan fingerprint density at radius 3 is 2.54 bits per heavy atom. The van der Waals surface area contributed by atoms with Crippen LogP contribution in [0.1, 0.15) is 15.2 Å². The van der Waals surface area contributed by atoms with Crippen LogP contribution in [0.15, 0.2) is 58.8 Å². The van der Waals surface area contributed by atoms with Crippen LogP contribution in [-0.4, -0.2) is 21.4 Å². The van der Waals surface area contributed by atoms with E-state index in [1.54, 1.807) is 12.1 Å². The van der Waals surface area contributed by atoms with Crippen LogP contribution in [-0.2, 0) is 16.6 Å². The molecule has 0 aliphatic heterocycles.